The molecule has 180 valence electrons. The van der Waals surface area contributed by atoms with Crippen LogP contribution in [0.4, 0.5) is 5.69 Å². The highest BCUT2D eigenvalue weighted by atomic mass is 16.2. The average Bonchev–Trinajstić information content (AvgIpc) is 3.24. The van der Waals surface area contributed by atoms with Gasteiger partial charge in [-0.1, -0.05) is 92.6 Å². The van der Waals surface area contributed by atoms with E-state index in [1.807, 2.05) is 86.4 Å². The SMILES string of the molecule is CCCCC(NC(=O)c1c(-c2ccc(N(C)C)cc2)nc(-c2ccccc2)n1C)c1ccccc1. The van der Waals surface area contributed by atoms with E-state index in [0.717, 1.165) is 47.5 Å². The summed E-state index contributed by atoms with van der Waals surface area (Å²) in [5.74, 6) is 0.658. The number of hydrogen-bond acceptors (Lipinski definition) is 3. The van der Waals surface area contributed by atoms with Gasteiger partial charge in [-0.25, -0.2) is 4.98 Å². The van der Waals surface area contributed by atoms with E-state index in [1.54, 1.807) is 0 Å². The van der Waals surface area contributed by atoms with Gasteiger partial charge in [0.15, 0.2) is 0 Å². The fraction of sp³-hybridized carbons (Fsp3) is 0.267. The number of hydrogen-bond donors (Lipinski definition) is 1. The van der Waals surface area contributed by atoms with E-state index >= 15 is 0 Å². The van der Waals surface area contributed by atoms with E-state index in [4.69, 9.17) is 4.98 Å². The lowest BCUT2D eigenvalue weighted by molar-refractivity contribution is 0.0926. The number of nitrogens with zero attached hydrogens (tertiary/aromatic N) is 3. The molecular weight excluding hydrogens is 432 g/mol. The van der Waals surface area contributed by atoms with E-state index in [2.05, 4.69) is 41.4 Å². The van der Waals surface area contributed by atoms with Gasteiger partial charge < -0.3 is 14.8 Å². The number of anilines is 1. The Kier molecular flexibility index (Phi) is 7.66. The van der Waals surface area contributed by atoms with Gasteiger partial charge in [-0.05, 0) is 24.1 Å². The van der Waals surface area contributed by atoms with Gasteiger partial charge in [-0.3, -0.25) is 4.79 Å². The third kappa shape index (κ3) is 5.46. The van der Waals surface area contributed by atoms with Gasteiger partial charge >= 0.3 is 0 Å². The zero-order valence-electron chi connectivity index (χ0n) is 21.0. The van der Waals surface area contributed by atoms with Crippen LogP contribution in [0.2, 0.25) is 0 Å². The number of aromatic nitrogens is 2. The largest absolute Gasteiger partial charge is 0.378 e. The molecule has 0 bridgehead atoms. The molecule has 5 heteroatoms. The fourth-order valence-corrected chi connectivity index (χ4v) is 4.36. The van der Waals surface area contributed by atoms with Crippen LogP contribution in [0.15, 0.2) is 84.9 Å². The number of amides is 1. The van der Waals surface area contributed by atoms with Crippen molar-refractivity contribution in [2.75, 3.05) is 19.0 Å². The first-order valence-corrected chi connectivity index (χ1v) is 12.2. The van der Waals surface area contributed by atoms with Gasteiger partial charge in [0.05, 0.1) is 6.04 Å². The molecule has 1 heterocycles. The maximum atomic E-state index is 13.8. The zero-order chi connectivity index (χ0) is 24.8. The normalized spacial score (nSPS) is 11.8. The molecule has 0 aliphatic heterocycles. The van der Waals surface area contributed by atoms with Crippen LogP contribution in [0.5, 0.6) is 0 Å². The van der Waals surface area contributed by atoms with Gasteiger partial charge in [0.2, 0.25) is 0 Å². The molecule has 1 atom stereocenters. The van der Waals surface area contributed by atoms with E-state index in [0.29, 0.717) is 11.4 Å². The summed E-state index contributed by atoms with van der Waals surface area (Å²) in [4.78, 5) is 20.9. The Labute approximate surface area is 208 Å². The van der Waals surface area contributed by atoms with Gasteiger partial charge in [0.1, 0.15) is 17.2 Å². The van der Waals surface area contributed by atoms with E-state index in [1.165, 1.54) is 0 Å². The maximum Gasteiger partial charge on any atom is 0.270 e. The third-order valence-electron chi connectivity index (χ3n) is 6.35. The van der Waals surface area contributed by atoms with Crippen molar-refractivity contribution in [1.29, 1.82) is 0 Å². The smallest absolute Gasteiger partial charge is 0.270 e. The molecule has 4 rings (SSSR count). The Morgan fingerprint density at radius 2 is 1.54 bits per heavy atom. The molecule has 0 saturated carbocycles. The Bertz CT molecular complexity index is 1250. The molecular formula is C30H34N4O. The molecule has 1 aromatic heterocycles. The molecule has 5 nitrogen and oxygen atoms in total. The second kappa shape index (κ2) is 11.0. The number of carbonyl (C=O) groups excluding carboxylic acids is 1. The van der Waals surface area contributed by atoms with Crippen LogP contribution in [-0.4, -0.2) is 29.6 Å². The zero-order valence-corrected chi connectivity index (χ0v) is 21.0. The molecule has 0 fully saturated rings. The van der Waals surface area contributed by atoms with Crippen molar-refractivity contribution in [2.24, 2.45) is 7.05 Å². The first-order chi connectivity index (χ1) is 17.0. The van der Waals surface area contributed by atoms with Crippen molar-refractivity contribution in [1.82, 2.24) is 14.9 Å². The minimum Gasteiger partial charge on any atom is -0.378 e. The molecule has 1 N–H and O–H groups in total. The van der Waals surface area contributed by atoms with Crippen molar-refractivity contribution >= 4 is 11.6 Å². The molecule has 0 aliphatic rings. The van der Waals surface area contributed by atoms with Crippen molar-refractivity contribution in [2.45, 2.75) is 32.2 Å². The summed E-state index contributed by atoms with van der Waals surface area (Å²) in [5, 5.41) is 3.32. The van der Waals surface area contributed by atoms with Gasteiger partial charge in [-0.15, -0.1) is 0 Å². The lowest BCUT2D eigenvalue weighted by atomic mass is 10.0. The standard InChI is InChI=1S/C30H34N4O/c1-5-6-17-26(22-13-9-7-10-14-22)31-30(35)28-27(23-18-20-25(21-19-23)33(2)3)32-29(34(28)4)24-15-11-8-12-16-24/h7-16,18-21,26H,5-6,17H2,1-4H3,(H,31,35). The van der Waals surface area contributed by atoms with Crippen LogP contribution in [0.25, 0.3) is 22.6 Å². The highest BCUT2D eigenvalue weighted by molar-refractivity contribution is 5.99. The number of nitrogens with one attached hydrogen (secondary N) is 1. The van der Waals surface area contributed by atoms with Gasteiger partial charge in [-0.2, -0.15) is 0 Å². The average molecular weight is 467 g/mol. The summed E-state index contributed by atoms with van der Waals surface area (Å²) < 4.78 is 1.92. The Hall–Kier alpha value is -3.86. The summed E-state index contributed by atoms with van der Waals surface area (Å²) in [5.41, 5.74) is 5.38. The number of imidazole rings is 1. The monoisotopic (exact) mass is 466 g/mol. The number of carbonyl (C=O) groups is 1. The molecule has 35 heavy (non-hydrogen) atoms. The third-order valence-corrected chi connectivity index (χ3v) is 6.35. The van der Waals surface area contributed by atoms with Crippen LogP contribution < -0.4 is 10.2 Å². The van der Waals surface area contributed by atoms with Crippen molar-refractivity contribution in [3.05, 3.63) is 96.2 Å². The molecule has 0 radical (unpaired) electrons. The Morgan fingerprint density at radius 1 is 0.914 bits per heavy atom. The minimum absolute atomic E-state index is 0.0531. The van der Waals surface area contributed by atoms with Crippen LogP contribution in [0.1, 0.15) is 48.3 Å². The maximum absolute atomic E-state index is 13.8. The Balaban J connectivity index is 1.76. The van der Waals surface area contributed by atoms with E-state index in [9.17, 15) is 4.79 Å². The fourth-order valence-electron chi connectivity index (χ4n) is 4.36. The van der Waals surface area contributed by atoms with E-state index < -0.39 is 0 Å². The van der Waals surface area contributed by atoms with Crippen molar-refractivity contribution in [3.8, 4) is 22.6 Å². The van der Waals surface area contributed by atoms with Gasteiger partial charge in [0.25, 0.3) is 5.91 Å². The summed E-state index contributed by atoms with van der Waals surface area (Å²) in [7, 11) is 5.95. The van der Waals surface area contributed by atoms with E-state index in [-0.39, 0.29) is 11.9 Å². The van der Waals surface area contributed by atoms with Crippen molar-refractivity contribution in [3.63, 3.8) is 0 Å². The van der Waals surface area contributed by atoms with Crippen LogP contribution in [0, 0.1) is 0 Å². The quantitative estimate of drug-likeness (QED) is 0.307. The lowest BCUT2D eigenvalue weighted by Gasteiger charge is -2.20. The van der Waals surface area contributed by atoms with Crippen LogP contribution in [-0.2, 0) is 7.05 Å². The van der Waals surface area contributed by atoms with Crippen LogP contribution in [0.3, 0.4) is 0 Å². The summed E-state index contributed by atoms with van der Waals surface area (Å²) >= 11 is 0. The summed E-state index contributed by atoms with van der Waals surface area (Å²) in [6.07, 6.45) is 3.01. The summed E-state index contributed by atoms with van der Waals surface area (Å²) in [6.45, 7) is 2.17. The molecule has 3 aromatic carbocycles. The highest BCUT2D eigenvalue weighted by Gasteiger charge is 2.25. The predicted octanol–water partition coefficient (Wildman–Crippen LogP) is 6.48. The number of rotatable bonds is 9. The molecule has 1 amide bonds. The minimum atomic E-state index is -0.112. The second-order valence-electron chi connectivity index (χ2n) is 9.08. The number of benzene rings is 3. The van der Waals surface area contributed by atoms with Gasteiger partial charge in [0, 0.05) is 38.0 Å². The molecule has 0 spiro atoms. The first-order valence-electron chi connectivity index (χ1n) is 12.2. The molecule has 0 saturated heterocycles. The topological polar surface area (TPSA) is 50.2 Å². The molecule has 1 unspecified atom stereocenters. The second-order valence-corrected chi connectivity index (χ2v) is 9.08. The predicted molar refractivity (Wildman–Crippen MR) is 145 cm³/mol. The Morgan fingerprint density at radius 3 is 2.14 bits per heavy atom. The first kappa shape index (κ1) is 24.3. The molecule has 4 aromatic rings. The highest BCUT2D eigenvalue weighted by Crippen LogP contribution is 2.31. The lowest BCUT2D eigenvalue weighted by Crippen LogP contribution is -2.30. The molecule has 0 aliphatic carbocycles. The van der Waals surface area contributed by atoms with Crippen LogP contribution >= 0.6 is 0 Å². The summed E-state index contributed by atoms with van der Waals surface area (Å²) in [6, 6.07) is 28.4. The number of unbranched alkanes of at least 4 members (excludes halogenated alkanes) is 1. The van der Waals surface area contributed by atoms with Crippen molar-refractivity contribution < 1.29 is 4.79 Å².